The van der Waals surface area contributed by atoms with Crippen molar-refractivity contribution < 1.29 is 9.84 Å². The number of nitrogens with zero attached hydrogens (tertiary/aromatic N) is 2. The van der Waals surface area contributed by atoms with Gasteiger partial charge >= 0.3 is 0 Å². The van der Waals surface area contributed by atoms with E-state index in [1.54, 1.807) is 7.11 Å². The van der Waals surface area contributed by atoms with Crippen LogP contribution in [-0.2, 0) is 17.8 Å². The first kappa shape index (κ1) is 17.7. The first-order chi connectivity index (χ1) is 11.1. The molecule has 2 atom stereocenters. The largest absolute Gasteiger partial charge is 0.392 e. The van der Waals surface area contributed by atoms with Gasteiger partial charge in [-0.3, -0.25) is 4.90 Å². The number of hydrogen-bond acceptors (Lipinski definition) is 4. The molecule has 0 amide bonds. The lowest BCUT2D eigenvalue weighted by atomic mass is 10.1. The minimum Gasteiger partial charge on any atom is -0.392 e. The number of ether oxygens (including phenoxy) is 1. The van der Waals surface area contributed by atoms with Crippen LogP contribution in [0, 0.1) is 0 Å². The lowest BCUT2D eigenvalue weighted by molar-refractivity contribution is 0.174. The van der Waals surface area contributed by atoms with Crippen molar-refractivity contribution in [2.75, 3.05) is 26.8 Å². The molecule has 1 heterocycles. The molecule has 1 aliphatic heterocycles. The molecule has 0 spiro atoms. The number of aliphatic imine (C=N–C) groups is 1. The van der Waals surface area contributed by atoms with Gasteiger partial charge in [-0.1, -0.05) is 24.3 Å². The van der Waals surface area contributed by atoms with Crippen LogP contribution in [0.4, 0.5) is 0 Å². The molecule has 0 saturated carbocycles. The summed E-state index contributed by atoms with van der Waals surface area (Å²) in [4.78, 5) is 6.70. The zero-order chi connectivity index (χ0) is 16.7. The summed E-state index contributed by atoms with van der Waals surface area (Å²) in [7, 11) is 1.66. The number of nitrogens with two attached hydrogens (primary N) is 1. The van der Waals surface area contributed by atoms with Crippen LogP contribution in [0.25, 0.3) is 0 Å². The van der Waals surface area contributed by atoms with E-state index < -0.39 is 0 Å². The van der Waals surface area contributed by atoms with Gasteiger partial charge in [-0.2, -0.15) is 0 Å². The maximum absolute atomic E-state index is 9.65. The van der Waals surface area contributed by atoms with Gasteiger partial charge in [0.05, 0.1) is 19.3 Å². The van der Waals surface area contributed by atoms with Crippen molar-refractivity contribution >= 4 is 5.96 Å². The molecule has 0 radical (unpaired) electrons. The molecule has 128 valence electrons. The molecule has 1 aromatic carbocycles. The number of aliphatic hydroxyl groups is 1. The van der Waals surface area contributed by atoms with E-state index in [0.717, 1.165) is 31.6 Å². The standard InChI is InChI=1S/C17H28N4O2/c1-13(12-23-2)20-17(18)19-9-14-5-3-4-6-15(14)10-21-8-7-16(22)11-21/h3-6,13,16,22H,7-12H2,1-2H3,(H3,18,19,20). The lowest BCUT2D eigenvalue weighted by Crippen LogP contribution is -2.40. The van der Waals surface area contributed by atoms with Crippen molar-refractivity contribution in [2.24, 2.45) is 10.7 Å². The fourth-order valence-corrected chi connectivity index (χ4v) is 2.82. The number of β-amino-alcohol motifs (C(OH)–C–C–N with tert-alkyl or cyclic N) is 1. The number of nitrogens with one attached hydrogen (secondary N) is 1. The highest BCUT2D eigenvalue weighted by Crippen LogP contribution is 2.17. The molecule has 0 aromatic heterocycles. The van der Waals surface area contributed by atoms with Crippen LogP contribution < -0.4 is 11.1 Å². The van der Waals surface area contributed by atoms with Crippen LogP contribution in [0.1, 0.15) is 24.5 Å². The molecular formula is C17H28N4O2. The molecule has 6 heteroatoms. The molecular weight excluding hydrogens is 292 g/mol. The molecule has 2 unspecified atom stereocenters. The van der Waals surface area contributed by atoms with Crippen LogP contribution in [0.2, 0.25) is 0 Å². The predicted molar refractivity (Wildman–Crippen MR) is 92.1 cm³/mol. The lowest BCUT2D eigenvalue weighted by Gasteiger charge is -2.17. The van der Waals surface area contributed by atoms with Gasteiger partial charge in [0.25, 0.3) is 0 Å². The Labute approximate surface area is 138 Å². The molecule has 1 saturated heterocycles. The number of hydrogen-bond donors (Lipinski definition) is 3. The number of rotatable bonds is 7. The van der Waals surface area contributed by atoms with Gasteiger partial charge in [0.15, 0.2) is 5.96 Å². The average molecular weight is 320 g/mol. The highest BCUT2D eigenvalue weighted by atomic mass is 16.5. The third kappa shape index (κ3) is 5.82. The van der Waals surface area contributed by atoms with E-state index >= 15 is 0 Å². The molecule has 4 N–H and O–H groups in total. The molecule has 1 aliphatic rings. The van der Waals surface area contributed by atoms with Crippen molar-refractivity contribution in [2.45, 2.75) is 38.6 Å². The second-order valence-corrected chi connectivity index (χ2v) is 6.15. The number of guanidine groups is 1. The smallest absolute Gasteiger partial charge is 0.189 e. The van der Waals surface area contributed by atoms with E-state index in [4.69, 9.17) is 10.5 Å². The van der Waals surface area contributed by atoms with E-state index in [2.05, 4.69) is 27.3 Å². The van der Waals surface area contributed by atoms with Gasteiger partial charge in [-0.15, -0.1) is 0 Å². The SMILES string of the molecule is COCC(C)NC(N)=NCc1ccccc1CN1CCC(O)C1. The van der Waals surface area contributed by atoms with E-state index in [0.29, 0.717) is 19.1 Å². The molecule has 1 aromatic rings. The third-order valence-electron chi connectivity index (χ3n) is 3.99. The number of likely N-dealkylation sites (tertiary alicyclic amines) is 1. The second-order valence-electron chi connectivity index (χ2n) is 6.15. The highest BCUT2D eigenvalue weighted by molar-refractivity contribution is 5.78. The Kier molecular flexibility index (Phi) is 6.83. The summed E-state index contributed by atoms with van der Waals surface area (Å²) in [6, 6.07) is 8.39. The van der Waals surface area contributed by atoms with Crippen LogP contribution in [-0.4, -0.2) is 54.9 Å². The van der Waals surface area contributed by atoms with Gasteiger partial charge in [-0.25, -0.2) is 4.99 Å². The molecule has 1 fully saturated rings. The Morgan fingerprint density at radius 1 is 1.48 bits per heavy atom. The predicted octanol–water partition coefficient (Wildman–Crippen LogP) is 0.692. The quantitative estimate of drug-likeness (QED) is 0.509. The fraction of sp³-hybridized carbons (Fsp3) is 0.588. The fourth-order valence-electron chi connectivity index (χ4n) is 2.82. The Hall–Kier alpha value is -1.63. The number of aliphatic hydroxyl groups excluding tert-OH is 1. The Morgan fingerprint density at radius 2 is 2.22 bits per heavy atom. The maximum atomic E-state index is 9.65. The van der Waals surface area contributed by atoms with Gasteiger partial charge in [-0.05, 0) is 24.5 Å². The second kappa shape index (κ2) is 8.86. The van der Waals surface area contributed by atoms with E-state index in [9.17, 15) is 5.11 Å². The summed E-state index contributed by atoms with van der Waals surface area (Å²) in [6.07, 6.45) is 0.663. The maximum Gasteiger partial charge on any atom is 0.189 e. The van der Waals surface area contributed by atoms with Gasteiger partial charge in [0.1, 0.15) is 0 Å². The Bertz CT molecular complexity index is 521. The Balaban J connectivity index is 1.94. The molecule has 6 nitrogen and oxygen atoms in total. The van der Waals surface area contributed by atoms with Crippen molar-refractivity contribution in [1.82, 2.24) is 10.2 Å². The van der Waals surface area contributed by atoms with E-state index in [1.165, 1.54) is 5.56 Å². The summed E-state index contributed by atoms with van der Waals surface area (Å²) in [5.74, 6) is 0.431. The van der Waals surface area contributed by atoms with Gasteiger partial charge in [0, 0.05) is 32.8 Å². The zero-order valence-electron chi connectivity index (χ0n) is 14.0. The average Bonchev–Trinajstić information content (AvgIpc) is 2.92. The van der Waals surface area contributed by atoms with Gasteiger partial charge < -0.3 is 20.9 Å². The number of methoxy groups -OCH3 is 1. The van der Waals surface area contributed by atoms with Crippen LogP contribution >= 0.6 is 0 Å². The molecule has 23 heavy (non-hydrogen) atoms. The van der Waals surface area contributed by atoms with Crippen LogP contribution in [0.15, 0.2) is 29.3 Å². The van der Waals surface area contributed by atoms with Crippen LogP contribution in [0.3, 0.4) is 0 Å². The first-order valence-electron chi connectivity index (χ1n) is 8.11. The van der Waals surface area contributed by atoms with Crippen molar-refractivity contribution in [3.8, 4) is 0 Å². The summed E-state index contributed by atoms with van der Waals surface area (Å²) in [5.41, 5.74) is 8.33. The summed E-state index contributed by atoms with van der Waals surface area (Å²) in [6.45, 7) is 5.66. The summed E-state index contributed by atoms with van der Waals surface area (Å²) >= 11 is 0. The van der Waals surface area contributed by atoms with E-state index in [1.807, 2.05) is 19.1 Å². The monoisotopic (exact) mass is 320 g/mol. The minimum absolute atomic E-state index is 0.130. The molecule has 0 aliphatic carbocycles. The highest BCUT2D eigenvalue weighted by Gasteiger charge is 2.20. The van der Waals surface area contributed by atoms with Crippen molar-refractivity contribution in [1.29, 1.82) is 0 Å². The van der Waals surface area contributed by atoms with Gasteiger partial charge in [0.2, 0.25) is 0 Å². The molecule has 2 rings (SSSR count). The normalized spacial score (nSPS) is 20.7. The molecule has 0 bridgehead atoms. The number of benzene rings is 1. The minimum atomic E-state index is -0.192. The van der Waals surface area contributed by atoms with Crippen LogP contribution in [0.5, 0.6) is 0 Å². The van der Waals surface area contributed by atoms with Crippen molar-refractivity contribution in [3.63, 3.8) is 0 Å². The first-order valence-corrected chi connectivity index (χ1v) is 8.11. The van der Waals surface area contributed by atoms with Crippen molar-refractivity contribution in [3.05, 3.63) is 35.4 Å². The Morgan fingerprint density at radius 3 is 2.87 bits per heavy atom. The topological polar surface area (TPSA) is 83.1 Å². The summed E-state index contributed by atoms with van der Waals surface area (Å²) < 4.78 is 5.07. The summed E-state index contributed by atoms with van der Waals surface area (Å²) in [5, 5.41) is 12.8. The van der Waals surface area contributed by atoms with E-state index in [-0.39, 0.29) is 12.1 Å². The third-order valence-corrected chi connectivity index (χ3v) is 3.99. The zero-order valence-corrected chi connectivity index (χ0v) is 14.0.